The third-order valence-electron chi connectivity index (χ3n) is 3.67. The molecule has 0 saturated carbocycles. The number of carbonyl (C=O) groups is 1. The van der Waals surface area contributed by atoms with Crippen molar-refractivity contribution < 1.29 is 9.53 Å². The molecule has 1 amide bonds. The number of nitrogens with zero attached hydrogens (tertiary/aromatic N) is 1. The zero-order valence-corrected chi connectivity index (χ0v) is 9.89. The van der Waals surface area contributed by atoms with Gasteiger partial charge in [0.15, 0.2) is 0 Å². The fourth-order valence-electron chi connectivity index (χ4n) is 2.70. The maximum atomic E-state index is 12.4. The number of benzene rings is 1. The smallest absolute Gasteiger partial charge is 0.233 e. The number of hydrogen-bond acceptors (Lipinski definition) is 2. The first-order chi connectivity index (χ1) is 8.36. The Balaban J connectivity index is 1.79. The molecule has 0 N–H and O–H groups in total. The molecule has 1 atom stereocenters. The summed E-state index contributed by atoms with van der Waals surface area (Å²) < 4.78 is 5.58. The molecule has 1 saturated heterocycles. The average molecular weight is 231 g/mol. The largest absolute Gasteiger partial charge is 0.492 e. The first kappa shape index (κ1) is 10.6. The van der Waals surface area contributed by atoms with Gasteiger partial charge in [-0.25, -0.2) is 0 Å². The first-order valence-corrected chi connectivity index (χ1v) is 6.37. The Bertz CT molecular complexity index is 424. The van der Waals surface area contributed by atoms with Crippen molar-refractivity contribution in [3.05, 3.63) is 29.8 Å². The highest BCUT2D eigenvalue weighted by Crippen LogP contribution is 2.34. The van der Waals surface area contributed by atoms with Crippen LogP contribution in [-0.2, 0) is 4.79 Å². The lowest BCUT2D eigenvalue weighted by Gasteiger charge is -2.28. The molecule has 3 heteroatoms. The van der Waals surface area contributed by atoms with E-state index in [1.807, 2.05) is 29.2 Å². The normalized spacial score (nSPS) is 23.1. The van der Waals surface area contributed by atoms with Gasteiger partial charge in [0.2, 0.25) is 5.91 Å². The number of fused-ring (bicyclic) bond motifs is 1. The van der Waals surface area contributed by atoms with Crippen molar-refractivity contribution in [1.82, 2.24) is 4.90 Å². The summed E-state index contributed by atoms with van der Waals surface area (Å²) in [5, 5.41) is 0. The predicted molar refractivity (Wildman–Crippen MR) is 65.1 cm³/mol. The number of hydrogen-bond donors (Lipinski definition) is 0. The van der Waals surface area contributed by atoms with E-state index in [1.165, 1.54) is 6.42 Å². The van der Waals surface area contributed by atoms with Gasteiger partial charge in [0.05, 0.1) is 0 Å². The maximum absolute atomic E-state index is 12.4. The van der Waals surface area contributed by atoms with Gasteiger partial charge in [-0.2, -0.15) is 0 Å². The van der Waals surface area contributed by atoms with E-state index in [1.54, 1.807) is 0 Å². The lowest BCUT2D eigenvalue weighted by molar-refractivity contribution is -0.133. The van der Waals surface area contributed by atoms with Gasteiger partial charge in [0.25, 0.3) is 0 Å². The van der Waals surface area contributed by atoms with Crippen LogP contribution in [0.2, 0.25) is 0 Å². The molecular formula is C14H17NO2. The minimum atomic E-state index is -0.0794. The van der Waals surface area contributed by atoms with E-state index >= 15 is 0 Å². The van der Waals surface area contributed by atoms with E-state index in [0.29, 0.717) is 6.61 Å². The Kier molecular flexibility index (Phi) is 2.75. The summed E-state index contributed by atoms with van der Waals surface area (Å²) >= 11 is 0. The summed E-state index contributed by atoms with van der Waals surface area (Å²) in [7, 11) is 0. The van der Waals surface area contributed by atoms with Crippen molar-refractivity contribution in [2.75, 3.05) is 19.7 Å². The number of likely N-dealkylation sites (tertiary alicyclic amines) is 1. The molecule has 0 aliphatic carbocycles. The third kappa shape index (κ3) is 1.90. The van der Waals surface area contributed by atoms with Crippen LogP contribution in [0.4, 0.5) is 0 Å². The van der Waals surface area contributed by atoms with Gasteiger partial charge in [-0.1, -0.05) is 18.2 Å². The van der Waals surface area contributed by atoms with Crippen LogP contribution in [0.5, 0.6) is 5.75 Å². The standard InChI is InChI=1S/C14H17NO2/c16-14(15-8-4-1-5-9-15)12-10-17-13-7-3-2-6-11(12)13/h2-3,6-7,12H,1,4-5,8-10H2. The SMILES string of the molecule is O=C(C1COc2ccccc21)N1CCCCC1. The van der Waals surface area contributed by atoms with Crippen LogP contribution < -0.4 is 4.74 Å². The molecule has 90 valence electrons. The van der Waals surface area contributed by atoms with Crippen molar-refractivity contribution in [3.8, 4) is 5.75 Å². The second kappa shape index (κ2) is 4.40. The quantitative estimate of drug-likeness (QED) is 0.741. The number of para-hydroxylation sites is 1. The molecule has 3 nitrogen and oxygen atoms in total. The van der Waals surface area contributed by atoms with Crippen molar-refractivity contribution in [2.45, 2.75) is 25.2 Å². The maximum Gasteiger partial charge on any atom is 0.233 e. The molecule has 17 heavy (non-hydrogen) atoms. The van der Waals surface area contributed by atoms with Crippen LogP contribution in [0.3, 0.4) is 0 Å². The van der Waals surface area contributed by atoms with E-state index in [2.05, 4.69) is 0 Å². The first-order valence-electron chi connectivity index (χ1n) is 6.37. The highest BCUT2D eigenvalue weighted by Gasteiger charge is 2.33. The number of ether oxygens (including phenoxy) is 1. The summed E-state index contributed by atoms with van der Waals surface area (Å²) in [4.78, 5) is 14.4. The van der Waals surface area contributed by atoms with Crippen molar-refractivity contribution in [2.24, 2.45) is 0 Å². The Hall–Kier alpha value is -1.51. The van der Waals surface area contributed by atoms with Gasteiger partial charge in [0.1, 0.15) is 18.3 Å². The zero-order valence-electron chi connectivity index (χ0n) is 9.89. The molecule has 0 bridgehead atoms. The molecule has 0 radical (unpaired) electrons. The summed E-state index contributed by atoms with van der Waals surface area (Å²) in [6.45, 7) is 2.34. The molecule has 1 fully saturated rings. The monoisotopic (exact) mass is 231 g/mol. The van der Waals surface area contributed by atoms with Crippen LogP contribution >= 0.6 is 0 Å². The lowest BCUT2D eigenvalue weighted by Crippen LogP contribution is -2.39. The number of carbonyl (C=O) groups excluding carboxylic acids is 1. The minimum absolute atomic E-state index is 0.0794. The molecule has 2 aliphatic heterocycles. The average Bonchev–Trinajstić information content (AvgIpc) is 2.83. The highest BCUT2D eigenvalue weighted by atomic mass is 16.5. The molecule has 2 heterocycles. The van der Waals surface area contributed by atoms with Gasteiger partial charge in [-0.3, -0.25) is 4.79 Å². The second-order valence-corrected chi connectivity index (χ2v) is 4.79. The number of piperidine rings is 1. The number of amides is 1. The van der Waals surface area contributed by atoms with E-state index in [9.17, 15) is 4.79 Å². The second-order valence-electron chi connectivity index (χ2n) is 4.79. The fraction of sp³-hybridized carbons (Fsp3) is 0.500. The number of rotatable bonds is 1. The van der Waals surface area contributed by atoms with Gasteiger partial charge < -0.3 is 9.64 Å². The van der Waals surface area contributed by atoms with Gasteiger partial charge in [-0.15, -0.1) is 0 Å². The Morgan fingerprint density at radius 3 is 2.76 bits per heavy atom. The fourth-order valence-corrected chi connectivity index (χ4v) is 2.70. The molecule has 1 unspecified atom stereocenters. The van der Waals surface area contributed by atoms with Crippen molar-refractivity contribution in [3.63, 3.8) is 0 Å². The van der Waals surface area contributed by atoms with Crippen LogP contribution in [0, 0.1) is 0 Å². The summed E-state index contributed by atoms with van der Waals surface area (Å²) in [6, 6.07) is 7.88. The minimum Gasteiger partial charge on any atom is -0.492 e. The zero-order chi connectivity index (χ0) is 11.7. The molecule has 0 aromatic heterocycles. The van der Waals surface area contributed by atoms with Gasteiger partial charge >= 0.3 is 0 Å². The van der Waals surface area contributed by atoms with E-state index < -0.39 is 0 Å². The molecule has 1 aromatic carbocycles. The van der Waals surface area contributed by atoms with Crippen LogP contribution in [-0.4, -0.2) is 30.5 Å². The van der Waals surface area contributed by atoms with Crippen molar-refractivity contribution >= 4 is 5.91 Å². The Labute approximate surface area is 101 Å². The van der Waals surface area contributed by atoms with Crippen LogP contribution in [0.25, 0.3) is 0 Å². The van der Waals surface area contributed by atoms with Gasteiger partial charge in [0, 0.05) is 18.7 Å². The van der Waals surface area contributed by atoms with E-state index in [-0.39, 0.29) is 11.8 Å². The molecule has 2 aliphatic rings. The van der Waals surface area contributed by atoms with Gasteiger partial charge in [-0.05, 0) is 25.3 Å². The van der Waals surface area contributed by atoms with E-state index in [0.717, 1.165) is 37.2 Å². The lowest BCUT2D eigenvalue weighted by atomic mass is 9.98. The predicted octanol–water partition coefficient (Wildman–Crippen LogP) is 2.18. The summed E-state index contributed by atoms with van der Waals surface area (Å²) in [6.07, 6.45) is 3.53. The summed E-state index contributed by atoms with van der Waals surface area (Å²) in [5.74, 6) is 1.04. The topological polar surface area (TPSA) is 29.5 Å². The highest BCUT2D eigenvalue weighted by molar-refractivity contribution is 5.85. The Morgan fingerprint density at radius 1 is 1.18 bits per heavy atom. The van der Waals surface area contributed by atoms with E-state index in [4.69, 9.17) is 4.74 Å². The molecule has 0 spiro atoms. The summed E-state index contributed by atoms with van der Waals surface area (Å²) in [5.41, 5.74) is 1.06. The molecular weight excluding hydrogens is 214 g/mol. The Morgan fingerprint density at radius 2 is 1.94 bits per heavy atom. The van der Waals surface area contributed by atoms with Crippen molar-refractivity contribution in [1.29, 1.82) is 0 Å². The van der Waals surface area contributed by atoms with Crippen LogP contribution in [0.1, 0.15) is 30.7 Å². The molecule has 3 rings (SSSR count). The third-order valence-corrected chi connectivity index (χ3v) is 3.67. The van der Waals surface area contributed by atoms with Crippen LogP contribution in [0.15, 0.2) is 24.3 Å². The molecule has 1 aromatic rings.